The third-order valence-corrected chi connectivity index (χ3v) is 7.07. The monoisotopic (exact) mass is 434 g/mol. The summed E-state index contributed by atoms with van der Waals surface area (Å²) >= 11 is 0. The average Bonchev–Trinajstić information content (AvgIpc) is 2.81. The van der Waals surface area contributed by atoms with Crippen molar-refractivity contribution in [3.63, 3.8) is 0 Å². The van der Waals surface area contributed by atoms with Gasteiger partial charge in [0.2, 0.25) is 5.91 Å². The molecule has 0 unspecified atom stereocenters. The Hall–Kier alpha value is -2.99. The van der Waals surface area contributed by atoms with Crippen LogP contribution in [0.15, 0.2) is 54.6 Å². The highest BCUT2D eigenvalue weighted by atomic mass is 19.1. The fraction of sp³-hybridized carbons (Fsp3) is 0.385. The molecule has 6 heteroatoms. The fourth-order valence-corrected chi connectivity index (χ4v) is 5.48. The molecule has 0 spiro atoms. The van der Waals surface area contributed by atoms with Gasteiger partial charge in [-0.25, -0.2) is 4.39 Å². The first-order chi connectivity index (χ1) is 15.6. The van der Waals surface area contributed by atoms with Crippen LogP contribution in [0.3, 0.4) is 0 Å². The lowest BCUT2D eigenvalue weighted by molar-refractivity contribution is -0.159. The summed E-state index contributed by atoms with van der Waals surface area (Å²) < 4.78 is 13.6. The van der Waals surface area contributed by atoms with Gasteiger partial charge in [-0.1, -0.05) is 36.4 Å². The van der Waals surface area contributed by atoms with E-state index in [2.05, 4.69) is 30.3 Å². The Morgan fingerprint density at radius 3 is 2.62 bits per heavy atom. The van der Waals surface area contributed by atoms with Gasteiger partial charge in [0.15, 0.2) is 0 Å². The number of amides is 2. The molecule has 2 aromatic carbocycles. The van der Waals surface area contributed by atoms with E-state index in [0.29, 0.717) is 6.54 Å². The number of nitrogens with zero attached hydrogens (tertiary/aromatic N) is 2. The van der Waals surface area contributed by atoms with Crippen molar-refractivity contribution in [2.45, 2.75) is 43.7 Å². The number of hydrogen-bond acceptors (Lipinski definition) is 3. The summed E-state index contributed by atoms with van der Waals surface area (Å²) in [7, 11) is 0. The Labute approximate surface area is 187 Å². The van der Waals surface area contributed by atoms with Gasteiger partial charge in [0.25, 0.3) is 5.91 Å². The number of aliphatic hydroxyl groups is 1. The molecule has 2 fully saturated rings. The smallest absolute Gasteiger partial charge is 0.254 e. The Bertz CT molecular complexity index is 1060. The predicted octanol–water partition coefficient (Wildman–Crippen LogP) is 3.59. The van der Waals surface area contributed by atoms with Crippen LogP contribution in [-0.2, 0) is 4.79 Å². The summed E-state index contributed by atoms with van der Waals surface area (Å²) in [5.41, 5.74) is 3.92. The molecular formula is C26H27FN2O3. The number of halogens is 1. The molecule has 2 amide bonds. The number of piperazine rings is 1. The predicted molar refractivity (Wildman–Crippen MR) is 119 cm³/mol. The Morgan fingerprint density at radius 1 is 1.12 bits per heavy atom. The van der Waals surface area contributed by atoms with E-state index in [0.717, 1.165) is 18.4 Å². The van der Waals surface area contributed by atoms with Gasteiger partial charge in [0.05, 0.1) is 18.7 Å². The van der Waals surface area contributed by atoms with E-state index < -0.39 is 5.82 Å². The molecule has 0 saturated carbocycles. The SMILES string of the molecule is O=C(c1cccc(F)c1)N1CC(=O)N2[C@H](C1)[C@@H](c1ccc(C3=CCCCC3)cc1)[C@@H]2CO. The van der Waals surface area contributed by atoms with Crippen LogP contribution in [0.5, 0.6) is 0 Å². The van der Waals surface area contributed by atoms with Crippen LogP contribution in [0.25, 0.3) is 5.57 Å². The third-order valence-electron chi connectivity index (χ3n) is 7.07. The molecule has 3 aliphatic rings. The van der Waals surface area contributed by atoms with Crippen LogP contribution >= 0.6 is 0 Å². The van der Waals surface area contributed by atoms with Crippen molar-refractivity contribution in [2.24, 2.45) is 0 Å². The molecule has 2 saturated heterocycles. The summed E-state index contributed by atoms with van der Waals surface area (Å²) in [6.07, 6.45) is 7.01. The molecule has 0 aromatic heterocycles. The zero-order chi connectivity index (χ0) is 22.2. The second kappa shape index (κ2) is 8.51. The fourth-order valence-electron chi connectivity index (χ4n) is 5.48. The van der Waals surface area contributed by atoms with Crippen LogP contribution in [0.2, 0.25) is 0 Å². The van der Waals surface area contributed by atoms with Crippen LogP contribution in [0.1, 0.15) is 53.1 Å². The maximum absolute atomic E-state index is 13.6. The Kier molecular flexibility index (Phi) is 5.55. The van der Waals surface area contributed by atoms with E-state index in [-0.39, 0.29) is 48.5 Å². The van der Waals surface area contributed by atoms with Gasteiger partial charge in [-0.3, -0.25) is 9.59 Å². The van der Waals surface area contributed by atoms with Crippen LogP contribution in [0.4, 0.5) is 4.39 Å². The zero-order valence-corrected chi connectivity index (χ0v) is 17.9. The number of allylic oxidation sites excluding steroid dienone is 2. The van der Waals surface area contributed by atoms with E-state index >= 15 is 0 Å². The van der Waals surface area contributed by atoms with Crippen LogP contribution in [0, 0.1) is 5.82 Å². The summed E-state index contributed by atoms with van der Waals surface area (Å²) in [6.45, 7) is 0.203. The Morgan fingerprint density at radius 2 is 1.94 bits per heavy atom. The number of benzene rings is 2. The topological polar surface area (TPSA) is 60.9 Å². The molecule has 3 atom stereocenters. The average molecular weight is 435 g/mol. The van der Waals surface area contributed by atoms with Crippen molar-refractivity contribution in [1.82, 2.24) is 9.80 Å². The molecule has 2 aliphatic heterocycles. The number of hydrogen-bond donors (Lipinski definition) is 1. The van der Waals surface area contributed by atoms with Gasteiger partial charge in [0, 0.05) is 18.0 Å². The molecule has 1 N–H and O–H groups in total. The largest absolute Gasteiger partial charge is 0.394 e. The highest BCUT2D eigenvalue weighted by Crippen LogP contribution is 2.43. The van der Waals surface area contributed by atoms with Crippen molar-refractivity contribution in [2.75, 3.05) is 19.7 Å². The van der Waals surface area contributed by atoms with E-state index in [1.165, 1.54) is 47.1 Å². The lowest BCUT2D eigenvalue weighted by Crippen LogP contribution is -2.73. The van der Waals surface area contributed by atoms with E-state index in [9.17, 15) is 19.1 Å². The van der Waals surface area contributed by atoms with Crippen molar-refractivity contribution < 1.29 is 19.1 Å². The molecular weight excluding hydrogens is 407 g/mol. The number of fused-ring (bicyclic) bond motifs is 1. The molecule has 32 heavy (non-hydrogen) atoms. The highest BCUT2D eigenvalue weighted by Gasteiger charge is 2.54. The third kappa shape index (κ3) is 3.62. The quantitative estimate of drug-likeness (QED) is 0.800. The van der Waals surface area contributed by atoms with Crippen molar-refractivity contribution in [1.29, 1.82) is 0 Å². The van der Waals surface area contributed by atoms with Crippen LogP contribution in [-0.4, -0.2) is 58.5 Å². The first-order valence-corrected chi connectivity index (χ1v) is 11.3. The minimum atomic E-state index is -0.476. The van der Waals surface area contributed by atoms with Crippen molar-refractivity contribution >= 4 is 17.4 Å². The van der Waals surface area contributed by atoms with Gasteiger partial charge in [-0.15, -0.1) is 0 Å². The number of rotatable bonds is 4. The van der Waals surface area contributed by atoms with Gasteiger partial charge < -0.3 is 14.9 Å². The van der Waals surface area contributed by atoms with Gasteiger partial charge in [0.1, 0.15) is 12.4 Å². The summed E-state index contributed by atoms with van der Waals surface area (Å²) in [5, 5.41) is 9.99. The van der Waals surface area contributed by atoms with E-state index in [1.54, 1.807) is 11.0 Å². The molecule has 1 aliphatic carbocycles. The van der Waals surface area contributed by atoms with E-state index in [4.69, 9.17) is 0 Å². The maximum atomic E-state index is 13.6. The summed E-state index contributed by atoms with van der Waals surface area (Å²) in [6, 6.07) is 13.5. The van der Waals surface area contributed by atoms with E-state index in [1.807, 2.05) is 0 Å². The van der Waals surface area contributed by atoms with Gasteiger partial charge in [-0.05, 0) is 60.6 Å². The van der Waals surface area contributed by atoms with Crippen molar-refractivity contribution in [3.05, 3.63) is 77.1 Å². The van der Waals surface area contributed by atoms with Gasteiger partial charge in [-0.2, -0.15) is 0 Å². The normalized spacial score (nSPS) is 25.1. The molecule has 5 rings (SSSR count). The standard InChI is InChI=1S/C26H27FN2O3/c27-21-8-4-7-20(13-21)26(32)28-14-22-25(23(16-30)29(22)24(31)15-28)19-11-9-18(10-12-19)17-5-2-1-3-6-17/h4-5,7-13,22-23,25,30H,1-3,6,14-16H2/t22-,23+,25-/m1/s1. The molecule has 2 aromatic rings. The van der Waals surface area contributed by atoms with Gasteiger partial charge >= 0.3 is 0 Å². The lowest BCUT2D eigenvalue weighted by atomic mass is 9.73. The molecule has 0 radical (unpaired) electrons. The lowest BCUT2D eigenvalue weighted by Gasteiger charge is -2.58. The first kappa shape index (κ1) is 20.9. The number of carbonyl (C=O) groups is 2. The van der Waals surface area contributed by atoms with Crippen LogP contribution < -0.4 is 0 Å². The first-order valence-electron chi connectivity index (χ1n) is 11.3. The molecule has 5 nitrogen and oxygen atoms in total. The second-order valence-corrected chi connectivity index (χ2v) is 8.94. The number of carbonyl (C=O) groups excluding carboxylic acids is 2. The highest BCUT2D eigenvalue weighted by molar-refractivity contribution is 5.97. The summed E-state index contributed by atoms with van der Waals surface area (Å²) in [4.78, 5) is 29.0. The second-order valence-electron chi connectivity index (χ2n) is 8.94. The molecule has 0 bridgehead atoms. The zero-order valence-electron chi connectivity index (χ0n) is 17.9. The van der Waals surface area contributed by atoms with Crippen molar-refractivity contribution in [3.8, 4) is 0 Å². The molecule has 2 heterocycles. The minimum absolute atomic E-state index is 0.0403. The maximum Gasteiger partial charge on any atom is 0.254 e. The minimum Gasteiger partial charge on any atom is -0.394 e. The number of aliphatic hydroxyl groups excluding tert-OH is 1. The summed E-state index contributed by atoms with van der Waals surface area (Å²) in [5.74, 6) is -1.04. The molecule has 166 valence electrons. The Balaban J connectivity index is 1.37.